The fourth-order valence-electron chi connectivity index (χ4n) is 5.86. The molecule has 39 heavy (non-hydrogen) atoms. The van der Waals surface area contributed by atoms with Crippen LogP contribution in [0.5, 0.6) is 5.88 Å². The lowest BCUT2D eigenvalue weighted by Crippen LogP contribution is -2.53. The van der Waals surface area contributed by atoms with Gasteiger partial charge in [0.25, 0.3) is 0 Å². The van der Waals surface area contributed by atoms with Gasteiger partial charge < -0.3 is 24.1 Å². The Bertz CT molecular complexity index is 1420. The number of aromatic nitrogens is 4. The van der Waals surface area contributed by atoms with Gasteiger partial charge in [-0.3, -0.25) is 9.46 Å². The second-order valence-corrected chi connectivity index (χ2v) is 12.3. The van der Waals surface area contributed by atoms with E-state index in [0.29, 0.717) is 23.0 Å². The second-order valence-electron chi connectivity index (χ2n) is 10.3. The number of benzene rings is 2. The molecule has 0 spiro atoms. The summed E-state index contributed by atoms with van der Waals surface area (Å²) in [5, 5.41) is 0. The Morgan fingerprint density at radius 1 is 0.949 bits per heavy atom. The maximum absolute atomic E-state index is 14.3. The third kappa shape index (κ3) is 5.56. The van der Waals surface area contributed by atoms with Crippen molar-refractivity contribution in [2.24, 2.45) is 5.92 Å². The minimum atomic E-state index is -3.49. The average molecular weight is 549 g/mol. The number of nitrogen functional groups attached to an aromatic ring is 1. The van der Waals surface area contributed by atoms with Crippen molar-refractivity contribution in [3.8, 4) is 5.88 Å². The number of nitrogens with two attached hydrogens (primary N) is 1. The van der Waals surface area contributed by atoms with Crippen LogP contribution in [0.15, 0.2) is 67.0 Å². The number of piperidine rings is 2. The molecule has 1 aliphatic carbocycles. The predicted octanol–water partition coefficient (Wildman–Crippen LogP) is 5.03. The molecule has 2 N–H and O–H groups in total. The molecule has 0 amide bonds. The van der Waals surface area contributed by atoms with Crippen LogP contribution in [-0.4, -0.2) is 50.4 Å². The molecule has 2 aromatic heterocycles. The molecule has 2 aliphatic heterocycles. The molecule has 3 fully saturated rings. The fourth-order valence-corrected chi connectivity index (χ4v) is 7.56. The molecule has 10 nitrogen and oxygen atoms in total. The van der Waals surface area contributed by atoms with Gasteiger partial charge in [0, 0.05) is 12.6 Å². The molecule has 4 heterocycles. The Labute approximate surface area is 227 Å². The van der Waals surface area contributed by atoms with Crippen LogP contribution in [0.3, 0.4) is 0 Å². The number of fused-ring (bicyclic) bond motifs is 4. The van der Waals surface area contributed by atoms with Gasteiger partial charge in [-0.2, -0.15) is 9.97 Å². The van der Waals surface area contributed by atoms with Crippen LogP contribution in [0, 0.1) is 5.92 Å². The Hall–Kier alpha value is -3.30. The normalized spacial score (nSPS) is 21.4. The molecule has 3 unspecified atom stereocenters. The van der Waals surface area contributed by atoms with Gasteiger partial charge in [0.1, 0.15) is 6.29 Å². The van der Waals surface area contributed by atoms with E-state index in [2.05, 4.69) is 24.4 Å². The van der Waals surface area contributed by atoms with Crippen molar-refractivity contribution in [1.82, 2.24) is 24.4 Å². The molecule has 7 rings (SSSR count). The number of rotatable bonds is 10. The van der Waals surface area contributed by atoms with Crippen LogP contribution in [0.2, 0.25) is 0 Å². The van der Waals surface area contributed by atoms with E-state index in [9.17, 15) is 4.57 Å². The molecular formula is C28H33N6O4P. The van der Waals surface area contributed by atoms with E-state index in [1.807, 2.05) is 60.7 Å². The highest BCUT2D eigenvalue weighted by atomic mass is 31.2. The highest BCUT2D eigenvalue weighted by Gasteiger charge is 2.45. The number of nitrogens with zero attached hydrogens (tertiary/aromatic N) is 5. The summed E-state index contributed by atoms with van der Waals surface area (Å²) in [6, 6.07) is 19.8. The first kappa shape index (κ1) is 26.0. The van der Waals surface area contributed by atoms with Crippen LogP contribution in [0.25, 0.3) is 11.2 Å². The van der Waals surface area contributed by atoms with Gasteiger partial charge in [0.15, 0.2) is 11.2 Å². The quantitative estimate of drug-likeness (QED) is 0.272. The second kappa shape index (κ2) is 11.1. The smallest absolute Gasteiger partial charge is 0.345 e. The van der Waals surface area contributed by atoms with Crippen molar-refractivity contribution in [3.63, 3.8) is 0 Å². The zero-order valence-electron chi connectivity index (χ0n) is 21.9. The third-order valence-corrected chi connectivity index (χ3v) is 9.46. The highest BCUT2D eigenvalue weighted by Crippen LogP contribution is 2.53. The van der Waals surface area contributed by atoms with Crippen LogP contribution in [-0.2, 0) is 26.8 Å². The molecule has 2 bridgehead atoms. The molecule has 11 heteroatoms. The summed E-state index contributed by atoms with van der Waals surface area (Å²) >= 11 is 0. The Balaban J connectivity index is 1.26. The molecule has 1 saturated carbocycles. The summed E-state index contributed by atoms with van der Waals surface area (Å²) in [7, 11) is -1.94. The Morgan fingerprint density at radius 3 is 2.23 bits per heavy atom. The van der Waals surface area contributed by atoms with Crippen molar-refractivity contribution in [2.45, 2.75) is 44.6 Å². The predicted molar refractivity (Wildman–Crippen MR) is 148 cm³/mol. The molecule has 2 aromatic carbocycles. The molecule has 3 aliphatic rings. The van der Waals surface area contributed by atoms with Crippen LogP contribution in [0.1, 0.15) is 36.4 Å². The van der Waals surface area contributed by atoms with Gasteiger partial charge in [0.2, 0.25) is 11.8 Å². The van der Waals surface area contributed by atoms with E-state index >= 15 is 0 Å². The lowest BCUT2D eigenvalue weighted by molar-refractivity contribution is 0.0142. The molecule has 2 saturated heterocycles. The summed E-state index contributed by atoms with van der Waals surface area (Å²) < 4.78 is 34.0. The van der Waals surface area contributed by atoms with Crippen LogP contribution >= 0.6 is 7.60 Å². The minimum absolute atomic E-state index is 0.0956. The Kier molecular flexibility index (Phi) is 7.36. The van der Waals surface area contributed by atoms with E-state index in [1.165, 1.54) is 0 Å². The number of hydrogen-bond donors (Lipinski definition) is 1. The van der Waals surface area contributed by atoms with Crippen molar-refractivity contribution >= 4 is 24.7 Å². The van der Waals surface area contributed by atoms with Crippen molar-refractivity contribution in [1.29, 1.82) is 0 Å². The number of hydrogen-bond acceptors (Lipinski definition) is 9. The number of ether oxygens (including phenoxy) is 1. The van der Waals surface area contributed by atoms with Crippen molar-refractivity contribution in [2.75, 3.05) is 25.7 Å². The summed E-state index contributed by atoms with van der Waals surface area (Å²) in [6.45, 7) is 1.29. The van der Waals surface area contributed by atoms with Gasteiger partial charge in [-0.05, 0) is 36.3 Å². The Morgan fingerprint density at radius 2 is 1.62 bits per heavy atom. The van der Waals surface area contributed by atoms with E-state index in [-0.39, 0.29) is 37.5 Å². The third-order valence-electron chi connectivity index (χ3n) is 7.71. The van der Waals surface area contributed by atoms with Gasteiger partial charge in [0.05, 0.1) is 32.7 Å². The summed E-state index contributed by atoms with van der Waals surface area (Å²) in [5.74, 6) is 0.962. The molecule has 0 radical (unpaired) electrons. The number of anilines is 1. The van der Waals surface area contributed by atoms with Gasteiger partial charge in [-0.15, -0.1) is 0 Å². The molecular weight excluding hydrogens is 515 g/mol. The zero-order valence-corrected chi connectivity index (χ0v) is 22.8. The summed E-state index contributed by atoms with van der Waals surface area (Å²) in [4.78, 5) is 15.5. The number of imidazole rings is 1. The standard InChI is InChI=1S/C28H33N6O4P/c1-36-27-25-26(31-28(29)32-27)34(18-30-25)24-14-22-12-13-23(24)33(15-22)19-39(35,37-16-20-8-4-2-5-9-20)38-17-21-10-6-3-7-11-21/h2-11,18,22-24H,12-17,19H2,1H3,(H2,29,31,32). The lowest BCUT2D eigenvalue weighted by atomic mass is 9.76. The number of methoxy groups -OCH3 is 1. The van der Waals surface area contributed by atoms with Crippen molar-refractivity contribution < 1.29 is 18.3 Å². The molecule has 4 aromatic rings. The van der Waals surface area contributed by atoms with E-state index in [0.717, 1.165) is 36.9 Å². The highest BCUT2D eigenvalue weighted by molar-refractivity contribution is 7.53. The first-order valence-electron chi connectivity index (χ1n) is 13.3. The topological polar surface area (TPSA) is 118 Å². The first-order chi connectivity index (χ1) is 19.0. The average Bonchev–Trinajstić information content (AvgIpc) is 3.40. The van der Waals surface area contributed by atoms with Crippen LogP contribution in [0.4, 0.5) is 5.95 Å². The van der Waals surface area contributed by atoms with Crippen LogP contribution < -0.4 is 10.5 Å². The summed E-state index contributed by atoms with van der Waals surface area (Å²) in [5.41, 5.74) is 9.13. The largest absolute Gasteiger partial charge is 0.479 e. The van der Waals surface area contributed by atoms with E-state index < -0.39 is 7.60 Å². The monoisotopic (exact) mass is 548 g/mol. The van der Waals surface area contributed by atoms with E-state index in [4.69, 9.17) is 19.5 Å². The molecule has 3 atom stereocenters. The van der Waals surface area contributed by atoms with Gasteiger partial charge in [-0.25, -0.2) is 4.98 Å². The zero-order chi connectivity index (χ0) is 26.8. The van der Waals surface area contributed by atoms with Crippen molar-refractivity contribution in [3.05, 3.63) is 78.1 Å². The van der Waals surface area contributed by atoms with Gasteiger partial charge >= 0.3 is 7.60 Å². The van der Waals surface area contributed by atoms with Gasteiger partial charge in [-0.1, -0.05) is 60.7 Å². The lowest BCUT2D eigenvalue weighted by Gasteiger charge is -2.50. The first-order valence-corrected chi connectivity index (χ1v) is 15.0. The summed E-state index contributed by atoms with van der Waals surface area (Å²) in [6.07, 6.45) is 5.10. The SMILES string of the molecule is COc1nc(N)nc2c1ncn2C1CC2CCC1N(CP(=O)(OCc1ccccc1)OCc1ccccc1)C2. The molecule has 204 valence electrons. The van der Waals surface area contributed by atoms with E-state index in [1.54, 1.807) is 13.4 Å². The maximum Gasteiger partial charge on any atom is 0.345 e. The minimum Gasteiger partial charge on any atom is -0.479 e. The maximum atomic E-state index is 14.3. The fraction of sp³-hybridized carbons (Fsp3) is 0.393.